The number of nitrogens with one attached hydrogen (secondary N) is 3. The first-order valence-corrected chi connectivity index (χ1v) is 22.8. The molecule has 0 spiro atoms. The summed E-state index contributed by atoms with van der Waals surface area (Å²) in [4.78, 5) is 38.5. The zero-order chi connectivity index (χ0) is 49.4. The van der Waals surface area contributed by atoms with Crippen LogP contribution in [-0.2, 0) is 38.2 Å². The number of rotatable bonds is 18. The summed E-state index contributed by atoms with van der Waals surface area (Å²) >= 11 is 0. The Labute approximate surface area is 392 Å². The maximum Gasteiger partial charge on any atom is 0.411 e. The SMILES string of the molecule is C=C(C)c1cccc(C2(N(C[C@@H](O)[C@H](Cc3cc(F)cc(F)c3)NC(C)=O)C(=O)OC(C)(C)C)CC2)c1.CC(=O)N[C@@H](Cc1cc(F)cc(F)c1)[C@H](O)CNC1(c2cccc(C(C)C)c2)CC1. The van der Waals surface area contributed by atoms with Gasteiger partial charge < -0.3 is 30.9 Å². The van der Waals surface area contributed by atoms with Crippen molar-refractivity contribution in [1.29, 1.82) is 0 Å². The normalized spacial score (nSPS) is 16.3. The van der Waals surface area contributed by atoms with Crippen LogP contribution in [0.4, 0.5) is 22.4 Å². The van der Waals surface area contributed by atoms with Crippen LogP contribution in [0.5, 0.6) is 0 Å². The predicted octanol–water partition coefficient (Wildman–Crippen LogP) is 9.11. The minimum absolute atomic E-state index is 0.0320. The van der Waals surface area contributed by atoms with Gasteiger partial charge in [0.25, 0.3) is 0 Å². The van der Waals surface area contributed by atoms with Crippen LogP contribution in [0.15, 0.2) is 91.5 Å². The predicted molar refractivity (Wildman–Crippen MR) is 252 cm³/mol. The van der Waals surface area contributed by atoms with Crippen molar-refractivity contribution in [1.82, 2.24) is 20.9 Å². The number of aliphatic hydroxyl groups is 2. The van der Waals surface area contributed by atoms with E-state index < -0.39 is 70.7 Å². The number of hydrogen-bond donors (Lipinski definition) is 5. The van der Waals surface area contributed by atoms with Gasteiger partial charge in [0.2, 0.25) is 11.8 Å². The molecule has 67 heavy (non-hydrogen) atoms. The summed E-state index contributed by atoms with van der Waals surface area (Å²) < 4.78 is 60.4. The Kier molecular flexibility index (Phi) is 17.2. The zero-order valence-electron chi connectivity index (χ0n) is 39.8. The average molecular weight is 931 g/mol. The zero-order valence-corrected chi connectivity index (χ0v) is 39.8. The average Bonchev–Trinajstić information content (AvgIpc) is 4.17. The Bertz CT molecular complexity index is 2350. The summed E-state index contributed by atoms with van der Waals surface area (Å²) in [5.74, 6) is -3.15. The summed E-state index contributed by atoms with van der Waals surface area (Å²) in [6.45, 7) is 18.3. The number of carbonyl (C=O) groups excluding carboxylic acids is 3. The van der Waals surface area contributed by atoms with Crippen molar-refractivity contribution in [2.24, 2.45) is 0 Å². The van der Waals surface area contributed by atoms with Gasteiger partial charge >= 0.3 is 6.09 Å². The number of benzene rings is 4. The van der Waals surface area contributed by atoms with Crippen molar-refractivity contribution in [3.05, 3.63) is 148 Å². The standard InChI is InChI=1S/C29H36F2N2O4.C24H30F2N2O2/c1-18(2)21-8-7-9-22(15-21)29(10-11-29)33(27(36)37-28(4,5)6)17-26(35)25(32-19(3)34)14-20-12-23(30)16-24(31)13-20;1-15(2)18-5-4-6-19(12-18)24(7-8-24)27-14-23(30)22(28-16(3)29)11-17-9-20(25)13-21(26)10-17/h7-9,12-13,15-16,25-26,35H,1,10-11,14,17H2,2-6H3,(H,32,34);4-6,9-10,12-13,15,22-23,27,30H,7-8,11,14H2,1-3H3,(H,28,29)/t25-,26+;22-,23+/m00/s1. The first-order valence-electron chi connectivity index (χ1n) is 22.8. The van der Waals surface area contributed by atoms with Crippen LogP contribution < -0.4 is 16.0 Å². The van der Waals surface area contributed by atoms with E-state index in [9.17, 15) is 42.2 Å². The van der Waals surface area contributed by atoms with Crippen LogP contribution in [0.3, 0.4) is 0 Å². The molecule has 0 heterocycles. The van der Waals surface area contributed by atoms with E-state index in [-0.39, 0.29) is 42.9 Å². The second-order valence-corrected chi connectivity index (χ2v) is 19.4. The Morgan fingerprint density at radius 2 is 1.21 bits per heavy atom. The minimum Gasteiger partial charge on any atom is -0.444 e. The lowest BCUT2D eigenvalue weighted by molar-refractivity contribution is -0.121. The summed E-state index contributed by atoms with van der Waals surface area (Å²) in [6, 6.07) is 21.0. The maximum atomic E-state index is 13.8. The first-order chi connectivity index (χ1) is 31.4. The largest absolute Gasteiger partial charge is 0.444 e. The van der Waals surface area contributed by atoms with Crippen molar-refractivity contribution in [3.8, 4) is 0 Å². The highest BCUT2D eigenvalue weighted by molar-refractivity contribution is 5.74. The Morgan fingerprint density at radius 3 is 1.66 bits per heavy atom. The fourth-order valence-electron chi connectivity index (χ4n) is 8.35. The molecule has 10 nitrogen and oxygen atoms in total. The van der Waals surface area contributed by atoms with Gasteiger partial charge in [0, 0.05) is 38.1 Å². The van der Waals surface area contributed by atoms with Crippen LogP contribution in [0, 0.1) is 23.3 Å². The van der Waals surface area contributed by atoms with E-state index in [1.807, 2.05) is 31.2 Å². The third-order valence-electron chi connectivity index (χ3n) is 12.1. The van der Waals surface area contributed by atoms with Gasteiger partial charge in [0.15, 0.2) is 0 Å². The third kappa shape index (κ3) is 15.0. The minimum atomic E-state index is -1.25. The topological polar surface area (TPSA) is 140 Å². The molecule has 5 N–H and O–H groups in total. The molecule has 6 rings (SSSR count). The van der Waals surface area contributed by atoms with E-state index in [1.54, 1.807) is 20.8 Å². The van der Waals surface area contributed by atoms with Gasteiger partial charge in [-0.3, -0.25) is 14.5 Å². The van der Waals surface area contributed by atoms with E-state index in [4.69, 9.17) is 4.74 Å². The van der Waals surface area contributed by atoms with Gasteiger partial charge in [-0.25, -0.2) is 22.4 Å². The van der Waals surface area contributed by atoms with Crippen LogP contribution in [0.1, 0.15) is 120 Å². The lowest BCUT2D eigenvalue weighted by Gasteiger charge is -2.37. The van der Waals surface area contributed by atoms with Crippen molar-refractivity contribution < 1.29 is 46.9 Å². The maximum absolute atomic E-state index is 13.8. The Balaban J connectivity index is 0.000000256. The molecule has 2 saturated carbocycles. The summed E-state index contributed by atoms with van der Waals surface area (Å²) in [6.07, 6.45) is 0.626. The fourth-order valence-corrected chi connectivity index (χ4v) is 8.35. The third-order valence-corrected chi connectivity index (χ3v) is 12.1. The lowest BCUT2D eigenvalue weighted by atomic mass is 9.96. The Morgan fingerprint density at radius 1 is 0.716 bits per heavy atom. The van der Waals surface area contributed by atoms with E-state index in [0.29, 0.717) is 24.3 Å². The van der Waals surface area contributed by atoms with Gasteiger partial charge in [-0.05, 0) is 136 Å². The second kappa shape index (κ2) is 22.0. The number of hydrogen-bond acceptors (Lipinski definition) is 7. The summed E-state index contributed by atoms with van der Waals surface area (Å²) in [5.41, 5.74) is 4.21. The van der Waals surface area contributed by atoms with Crippen molar-refractivity contribution >= 4 is 23.5 Å². The molecule has 14 heteroatoms. The molecule has 2 aliphatic rings. The van der Waals surface area contributed by atoms with E-state index in [1.165, 1.54) is 42.0 Å². The summed E-state index contributed by atoms with van der Waals surface area (Å²) in [5, 5.41) is 30.9. The molecular weight excluding hydrogens is 865 g/mol. The molecule has 0 saturated heterocycles. The molecular formula is C53H66F4N4O6. The van der Waals surface area contributed by atoms with Crippen molar-refractivity contribution in [3.63, 3.8) is 0 Å². The molecule has 0 aliphatic heterocycles. The molecule has 0 aromatic heterocycles. The number of nitrogens with zero attached hydrogens (tertiary/aromatic N) is 1. The number of aliphatic hydroxyl groups excluding tert-OH is 2. The van der Waals surface area contributed by atoms with E-state index in [0.717, 1.165) is 53.8 Å². The number of carbonyl (C=O) groups is 3. The smallest absolute Gasteiger partial charge is 0.411 e. The number of ether oxygens (including phenoxy) is 1. The van der Waals surface area contributed by atoms with Gasteiger partial charge in [-0.2, -0.15) is 0 Å². The monoisotopic (exact) mass is 930 g/mol. The van der Waals surface area contributed by atoms with Crippen LogP contribution in [0.25, 0.3) is 5.57 Å². The Hall–Kier alpha value is -5.57. The molecule has 4 aromatic rings. The van der Waals surface area contributed by atoms with E-state index >= 15 is 0 Å². The molecule has 0 bridgehead atoms. The quantitative estimate of drug-likeness (QED) is 0.0628. The van der Waals surface area contributed by atoms with Crippen LogP contribution in [-0.4, -0.2) is 76.0 Å². The number of allylic oxidation sites excluding steroid dienone is 1. The molecule has 0 radical (unpaired) electrons. The highest BCUT2D eigenvalue weighted by atomic mass is 19.1. The van der Waals surface area contributed by atoms with Crippen LogP contribution in [0.2, 0.25) is 0 Å². The van der Waals surface area contributed by atoms with Gasteiger partial charge in [-0.1, -0.05) is 68.5 Å². The van der Waals surface area contributed by atoms with Gasteiger partial charge in [-0.15, -0.1) is 0 Å². The van der Waals surface area contributed by atoms with Crippen LogP contribution >= 0.6 is 0 Å². The van der Waals surface area contributed by atoms with Gasteiger partial charge in [0.1, 0.15) is 28.9 Å². The van der Waals surface area contributed by atoms with Crippen molar-refractivity contribution in [2.45, 2.75) is 141 Å². The van der Waals surface area contributed by atoms with E-state index in [2.05, 4.69) is 60.6 Å². The number of amides is 3. The molecule has 362 valence electrons. The molecule has 2 aliphatic carbocycles. The highest BCUT2D eigenvalue weighted by Gasteiger charge is 2.53. The summed E-state index contributed by atoms with van der Waals surface area (Å²) in [7, 11) is 0. The molecule has 4 atom stereocenters. The van der Waals surface area contributed by atoms with Gasteiger partial charge in [0.05, 0.1) is 36.4 Å². The molecule has 3 amide bonds. The molecule has 4 aromatic carbocycles. The lowest BCUT2D eigenvalue weighted by Crippen LogP contribution is -2.53. The fraction of sp³-hybridized carbons (Fsp3) is 0.453. The van der Waals surface area contributed by atoms with Crippen molar-refractivity contribution in [2.75, 3.05) is 13.1 Å². The molecule has 0 unspecified atom stereocenters. The first kappa shape index (κ1) is 52.4. The second-order valence-electron chi connectivity index (χ2n) is 19.4. The number of halogens is 4. The molecule has 2 fully saturated rings. The highest BCUT2D eigenvalue weighted by Crippen LogP contribution is 2.52.